The Morgan fingerprint density at radius 3 is 2.22 bits per heavy atom. The first-order valence-corrected chi connectivity index (χ1v) is 12.0. The second-order valence-corrected chi connectivity index (χ2v) is 9.20. The molecule has 4 rings (SSSR count). The van der Waals surface area contributed by atoms with Gasteiger partial charge in [0.2, 0.25) is 0 Å². The van der Waals surface area contributed by atoms with Crippen LogP contribution in [0.15, 0.2) is 66.2 Å². The van der Waals surface area contributed by atoms with Gasteiger partial charge in [-0.05, 0) is 54.1 Å². The van der Waals surface area contributed by atoms with Crippen LogP contribution in [-0.4, -0.2) is 30.4 Å². The van der Waals surface area contributed by atoms with E-state index in [1.165, 1.54) is 30.3 Å². The standard InChI is InChI=1S/C25H15Cl4N3O5/c26-17-7-6-14(11-18(17)27)30-21(33)12-37-22-19(28)9-13(10-20(22)29)8-16-23(34)31-25(36)32(24(16)35)15-4-2-1-3-5-15/h1-11H,12H2,(H,30,33)(H,31,34,36)/b16-8-. The SMILES string of the molecule is O=C(COc1c(Cl)cc(/C=C2/C(=O)NC(=O)N(c3ccccc3)C2=O)cc1Cl)Nc1ccc(Cl)c(Cl)c1. The number of nitrogens with one attached hydrogen (secondary N) is 2. The molecule has 0 unspecified atom stereocenters. The topological polar surface area (TPSA) is 105 Å². The van der Waals surface area contributed by atoms with Gasteiger partial charge in [-0.25, -0.2) is 9.69 Å². The molecule has 2 N–H and O–H groups in total. The Labute approximate surface area is 230 Å². The van der Waals surface area contributed by atoms with Gasteiger partial charge in [-0.3, -0.25) is 19.7 Å². The molecule has 1 heterocycles. The Morgan fingerprint density at radius 2 is 1.57 bits per heavy atom. The van der Waals surface area contributed by atoms with Crippen LogP contribution >= 0.6 is 46.4 Å². The first kappa shape index (κ1) is 26.5. The van der Waals surface area contributed by atoms with Crippen LogP contribution in [0.2, 0.25) is 20.1 Å². The Morgan fingerprint density at radius 1 is 0.892 bits per heavy atom. The van der Waals surface area contributed by atoms with Crippen molar-refractivity contribution < 1.29 is 23.9 Å². The van der Waals surface area contributed by atoms with Crippen molar-refractivity contribution in [2.24, 2.45) is 0 Å². The van der Waals surface area contributed by atoms with E-state index in [9.17, 15) is 19.2 Å². The van der Waals surface area contributed by atoms with Crippen molar-refractivity contribution in [3.8, 4) is 5.75 Å². The maximum atomic E-state index is 13.0. The molecule has 0 aliphatic carbocycles. The molecule has 1 aliphatic heterocycles. The van der Waals surface area contributed by atoms with Crippen LogP contribution in [0.25, 0.3) is 6.08 Å². The number of ether oxygens (including phenoxy) is 1. The number of hydrogen-bond acceptors (Lipinski definition) is 5. The summed E-state index contributed by atoms with van der Waals surface area (Å²) in [4.78, 5) is 50.8. The highest BCUT2D eigenvalue weighted by molar-refractivity contribution is 6.42. The van der Waals surface area contributed by atoms with E-state index in [0.717, 1.165) is 4.90 Å². The van der Waals surface area contributed by atoms with E-state index in [0.29, 0.717) is 22.0 Å². The summed E-state index contributed by atoms with van der Waals surface area (Å²) < 4.78 is 5.48. The molecule has 0 aromatic heterocycles. The molecule has 0 spiro atoms. The van der Waals surface area contributed by atoms with E-state index in [-0.39, 0.29) is 26.4 Å². The molecule has 3 aromatic rings. The van der Waals surface area contributed by atoms with Gasteiger partial charge in [0.25, 0.3) is 17.7 Å². The molecule has 188 valence electrons. The number of benzene rings is 3. The Kier molecular flexibility index (Phi) is 8.04. The average Bonchev–Trinajstić information content (AvgIpc) is 2.84. The van der Waals surface area contributed by atoms with Crippen molar-refractivity contribution in [3.05, 3.63) is 91.9 Å². The van der Waals surface area contributed by atoms with Crippen molar-refractivity contribution in [2.45, 2.75) is 0 Å². The van der Waals surface area contributed by atoms with Gasteiger partial charge in [0.15, 0.2) is 12.4 Å². The highest BCUT2D eigenvalue weighted by Crippen LogP contribution is 2.35. The van der Waals surface area contributed by atoms with Gasteiger partial charge in [-0.2, -0.15) is 0 Å². The zero-order valence-electron chi connectivity index (χ0n) is 18.6. The van der Waals surface area contributed by atoms with Crippen LogP contribution in [0.3, 0.4) is 0 Å². The van der Waals surface area contributed by atoms with Crippen molar-refractivity contribution >= 4 is 87.6 Å². The lowest BCUT2D eigenvalue weighted by atomic mass is 10.1. The summed E-state index contributed by atoms with van der Waals surface area (Å²) in [5.74, 6) is -2.16. The normalized spacial score (nSPS) is 14.5. The molecule has 3 aromatic carbocycles. The molecule has 12 heteroatoms. The predicted molar refractivity (Wildman–Crippen MR) is 142 cm³/mol. The predicted octanol–water partition coefficient (Wildman–Crippen LogP) is 5.98. The molecule has 0 bridgehead atoms. The largest absolute Gasteiger partial charge is 0.481 e. The minimum atomic E-state index is -0.867. The van der Waals surface area contributed by atoms with Crippen LogP contribution in [0.4, 0.5) is 16.2 Å². The lowest BCUT2D eigenvalue weighted by Gasteiger charge is -2.26. The van der Waals surface area contributed by atoms with Gasteiger partial charge >= 0.3 is 6.03 Å². The lowest BCUT2D eigenvalue weighted by Crippen LogP contribution is -2.54. The summed E-state index contributed by atoms with van der Waals surface area (Å²) in [6, 6.07) is 14.7. The fraction of sp³-hybridized carbons (Fsp3) is 0.0400. The number of halogens is 4. The zero-order chi connectivity index (χ0) is 26.7. The minimum Gasteiger partial charge on any atom is -0.481 e. The summed E-state index contributed by atoms with van der Waals surface area (Å²) in [7, 11) is 0. The molecular weight excluding hydrogens is 564 g/mol. The summed E-state index contributed by atoms with van der Waals surface area (Å²) >= 11 is 24.4. The highest BCUT2D eigenvalue weighted by Gasteiger charge is 2.36. The first-order chi connectivity index (χ1) is 17.6. The maximum Gasteiger partial charge on any atom is 0.335 e. The van der Waals surface area contributed by atoms with Crippen LogP contribution in [0, 0.1) is 0 Å². The van der Waals surface area contributed by atoms with Gasteiger partial charge in [-0.1, -0.05) is 64.6 Å². The number of para-hydroxylation sites is 1. The van der Waals surface area contributed by atoms with E-state index in [1.807, 2.05) is 0 Å². The Balaban J connectivity index is 1.50. The first-order valence-electron chi connectivity index (χ1n) is 10.5. The third kappa shape index (κ3) is 6.06. The second kappa shape index (κ2) is 11.2. The number of anilines is 2. The number of nitrogens with zero attached hydrogens (tertiary/aromatic N) is 1. The second-order valence-electron chi connectivity index (χ2n) is 7.57. The van der Waals surface area contributed by atoms with Crippen LogP contribution in [-0.2, 0) is 14.4 Å². The molecule has 0 radical (unpaired) electrons. The number of imide groups is 2. The van der Waals surface area contributed by atoms with E-state index in [2.05, 4.69) is 10.6 Å². The summed E-state index contributed by atoms with van der Waals surface area (Å²) in [5.41, 5.74) is 0.705. The van der Waals surface area contributed by atoms with Crippen molar-refractivity contribution in [1.82, 2.24) is 5.32 Å². The third-order valence-electron chi connectivity index (χ3n) is 5.00. The fourth-order valence-electron chi connectivity index (χ4n) is 3.35. The average molecular weight is 579 g/mol. The molecule has 8 nitrogen and oxygen atoms in total. The zero-order valence-corrected chi connectivity index (χ0v) is 21.6. The van der Waals surface area contributed by atoms with Crippen molar-refractivity contribution in [1.29, 1.82) is 0 Å². The maximum absolute atomic E-state index is 13.0. The van der Waals surface area contributed by atoms with Gasteiger partial charge in [-0.15, -0.1) is 0 Å². The number of hydrogen-bond donors (Lipinski definition) is 2. The lowest BCUT2D eigenvalue weighted by molar-refractivity contribution is -0.122. The fourth-order valence-corrected chi connectivity index (χ4v) is 4.26. The smallest absolute Gasteiger partial charge is 0.335 e. The van der Waals surface area contributed by atoms with Crippen molar-refractivity contribution in [3.63, 3.8) is 0 Å². The van der Waals surface area contributed by atoms with Crippen LogP contribution in [0.1, 0.15) is 5.56 Å². The Hall–Kier alpha value is -3.56. The molecule has 0 saturated carbocycles. The van der Waals surface area contributed by atoms with E-state index < -0.39 is 30.4 Å². The number of urea groups is 1. The third-order valence-corrected chi connectivity index (χ3v) is 6.30. The van der Waals surface area contributed by atoms with E-state index >= 15 is 0 Å². The van der Waals surface area contributed by atoms with E-state index in [1.54, 1.807) is 36.4 Å². The van der Waals surface area contributed by atoms with Gasteiger partial charge in [0.05, 0.1) is 25.8 Å². The molecule has 37 heavy (non-hydrogen) atoms. The number of rotatable bonds is 6. The quantitative estimate of drug-likeness (QED) is 0.276. The molecule has 5 amide bonds. The van der Waals surface area contributed by atoms with Gasteiger partial charge < -0.3 is 10.1 Å². The molecule has 1 saturated heterocycles. The summed E-state index contributed by atoms with van der Waals surface area (Å²) in [6.07, 6.45) is 1.25. The number of carbonyl (C=O) groups excluding carboxylic acids is 4. The van der Waals surface area contributed by atoms with E-state index in [4.69, 9.17) is 51.1 Å². The van der Waals surface area contributed by atoms with Crippen LogP contribution < -0.4 is 20.3 Å². The van der Waals surface area contributed by atoms with Crippen molar-refractivity contribution in [2.75, 3.05) is 16.8 Å². The molecule has 0 atom stereocenters. The number of barbiturate groups is 1. The molecular formula is C25H15Cl4N3O5. The number of carbonyl (C=O) groups is 4. The summed E-state index contributed by atoms with van der Waals surface area (Å²) in [5, 5.41) is 5.41. The number of amides is 5. The molecule has 1 aliphatic rings. The van der Waals surface area contributed by atoms with Gasteiger partial charge in [0.1, 0.15) is 5.57 Å². The monoisotopic (exact) mass is 577 g/mol. The Bertz CT molecular complexity index is 1440. The minimum absolute atomic E-state index is 0.0234. The van der Waals surface area contributed by atoms with Gasteiger partial charge in [0, 0.05) is 5.69 Å². The highest BCUT2D eigenvalue weighted by atomic mass is 35.5. The molecule has 1 fully saturated rings. The summed E-state index contributed by atoms with van der Waals surface area (Å²) in [6.45, 7) is -0.421. The van der Waals surface area contributed by atoms with Crippen LogP contribution in [0.5, 0.6) is 5.75 Å².